The fraction of sp³-hybridized carbons (Fsp3) is 0.0769. The molecule has 2 rings (SSSR count). The summed E-state index contributed by atoms with van der Waals surface area (Å²) in [5.41, 5.74) is 0.886. The van der Waals surface area contributed by atoms with E-state index in [1.807, 2.05) is 24.3 Å². The number of benzene rings is 2. The van der Waals surface area contributed by atoms with Crippen molar-refractivity contribution in [1.82, 2.24) is 0 Å². The van der Waals surface area contributed by atoms with Gasteiger partial charge in [0.1, 0.15) is 6.61 Å². The van der Waals surface area contributed by atoms with E-state index in [4.69, 9.17) is 4.74 Å². The predicted molar refractivity (Wildman–Crippen MR) is 64.8 cm³/mol. The van der Waals surface area contributed by atoms with E-state index < -0.39 is 11.6 Å². The Hall–Kier alpha value is -1.42. The van der Waals surface area contributed by atoms with E-state index in [1.54, 1.807) is 0 Å². The average Bonchev–Trinajstić information content (AvgIpc) is 2.33. The van der Waals surface area contributed by atoms with Crippen molar-refractivity contribution in [2.24, 2.45) is 0 Å². The van der Waals surface area contributed by atoms with Crippen molar-refractivity contribution < 1.29 is 13.5 Å². The molecule has 0 amide bonds. The van der Waals surface area contributed by atoms with E-state index in [1.165, 1.54) is 12.1 Å². The molecule has 0 radical (unpaired) electrons. The van der Waals surface area contributed by atoms with Gasteiger partial charge in [-0.2, -0.15) is 4.39 Å². The lowest BCUT2D eigenvalue weighted by atomic mass is 10.2. The van der Waals surface area contributed by atoms with E-state index in [9.17, 15) is 8.78 Å². The first-order chi connectivity index (χ1) is 8.16. The second kappa shape index (κ2) is 5.27. The van der Waals surface area contributed by atoms with E-state index in [2.05, 4.69) is 15.9 Å². The zero-order valence-corrected chi connectivity index (χ0v) is 10.4. The van der Waals surface area contributed by atoms with Crippen LogP contribution >= 0.6 is 15.9 Å². The number of rotatable bonds is 3. The lowest BCUT2D eigenvalue weighted by molar-refractivity contribution is 0.284. The Labute approximate surface area is 106 Å². The topological polar surface area (TPSA) is 9.23 Å². The molecule has 1 nitrogen and oxygen atoms in total. The van der Waals surface area contributed by atoms with E-state index in [0.29, 0.717) is 0 Å². The summed E-state index contributed by atoms with van der Waals surface area (Å²) in [6.45, 7) is 0.202. The maximum atomic E-state index is 13.3. The maximum Gasteiger partial charge on any atom is 0.200 e. The Morgan fingerprint density at radius 1 is 1.00 bits per heavy atom. The molecule has 0 unspecified atom stereocenters. The van der Waals surface area contributed by atoms with Gasteiger partial charge in [0.25, 0.3) is 0 Å². The van der Waals surface area contributed by atoms with Crippen LogP contribution in [0.2, 0.25) is 0 Å². The van der Waals surface area contributed by atoms with Gasteiger partial charge >= 0.3 is 0 Å². The molecule has 0 saturated heterocycles. The highest BCUT2D eigenvalue weighted by Crippen LogP contribution is 2.20. The molecule has 0 heterocycles. The minimum Gasteiger partial charge on any atom is -0.486 e. The second-order valence-electron chi connectivity index (χ2n) is 3.47. The minimum atomic E-state index is -0.954. The highest BCUT2D eigenvalue weighted by Gasteiger charge is 2.08. The van der Waals surface area contributed by atoms with Gasteiger partial charge in [0, 0.05) is 4.47 Å². The Bertz CT molecular complexity index is 511. The molecule has 0 aromatic heterocycles. The molecule has 0 bridgehead atoms. The van der Waals surface area contributed by atoms with Crippen LogP contribution < -0.4 is 4.74 Å². The molecular formula is C13H9BrF2O. The first kappa shape index (κ1) is 12.0. The van der Waals surface area contributed by atoms with Crippen molar-refractivity contribution in [2.45, 2.75) is 6.61 Å². The van der Waals surface area contributed by atoms with Gasteiger partial charge in [0.15, 0.2) is 11.6 Å². The molecule has 0 N–H and O–H groups in total. The first-order valence-electron chi connectivity index (χ1n) is 4.98. The standard InChI is InChI=1S/C13H9BrF2O/c14-10-6-4-9(5-7-10)8-17-12-3-1-2-11(15)13(12)16/h1-7H,8H2. The van der Waals surface area contributed by atoms with E-state index >= 15 is 0 Å². The predicted octanol–water partition coefficient (Wildman–Crippen LogP) is 4.31. The summed E-state index contributed by atoms with van der Waals surface area (Å²) in [4.78, 5) is 0. The molecule has 0 atom stereocenters. The van der Waals surface area contributed by atoms with Gasteiger partial charge in [0.2, 0.25) is 5.82 Å². The van der Waals surface area contributed by atoms with E-state index in [0.717, 1.165) is 16.1 Å². The van der Waals surface area contributed by atoms with Gasteiger partial charge in [-0.1, -0.05) is 34.1 Å². The van der Waals surface area contributed by atoms with Crippen molar-refractivity contribution in [1.29, 1.82) is 0 Å². The molecule has 0 spiro atoms. The van der Waals surface area contributed by atoms with Gasteiger partial charge < -0.3 is 4.74 Å². The van der Waals surface area contributed by atoms with Crippen LogP contribution in [0.3, 0.4) is 0 Å². The van der Waals surface area contributed by atoms with Crippen molar-refractivity contribution in [3.63, 3.8) is 0 Å². The maximum absolute atomic E-state index is 13.3. The lowest BCUT2D eigenvalue weighted by Crippen LogP contribution is -1.98. The van der Waals surface area contributed by atoms with Crippen LogP contribution in [-0.4, -0.2) is 0 Å². The average molecular weight is 299 g/mol. The Morgan fingerprint density at radius 3 is 2.41 bits per heavy atom. The van der Waals surface area contributed by atoms with Crippen LogP contribution in [0.15, 0.2) is 46.9 Å². The van der Waals surface area contributed by atoms with Crippen molar-refractivity contribution in [2.75, 3.05) is 0 Å². The quantitative estimate of drug-likeness (QED) is 0.820. The highest BCUT2D eigenvalue weighted by molar-refractivity contribution is 9.10. The number of hydrogen-bond donors (Lipinski definition) is 0. The third kappa shape index (κ3) is 3.03. The molecule has 0 aliphatic rings. The Balaban J connectivity index is 2.07. The third-order valence-corrected chi connectivity index (χ3v) is 2.75. The molecule has 2 aromatic carbocycles. The zero-order chi connectivity index (χ0) is 12.3. The molecule has 17 heavy (non-hydrogen) atoms. The summed E-state index contributed by atoms with van der Waals surface area (Å²) < 4.78 is 32.3. The van der Waals surface area contributed by atoms with Crippen LogP contribution in [0.5, 0.6) is 5.75 Å². The molecular weight excluding hydrogens is 290 g/mol. The number of ether oxygens (including phenoxy) is 1. The molecule has 88 valence electrons. The van der Waals surface area contributed by atoms with Gasteiger partial charge in [-0.3, -0.25) is 0 Å². The van der Waals surface area contributed by atoms with Crippen molar-refractivity contribution in [3.8, 4) is 5.75 Å². The summed E-state index contributed by atoms with van der Waals surface area (Å²) in [5, 5.41) is 0. The van der Waals surface area contributed by atoms with Gasteiger partial charge in [-0.05, 0) is 29.8 Å². The van der Waals surface area contributed by atoms with Crippen LogP contribution in [-0.2, 0) is 6.61 Å². The molecule has 0 saturated carbocycles. The van der Waals surface area contributed by atoms with Gasteiger partial charge in [-0.15, -0.1) is 0 Å². The first-order valence-corrected chi connectivity index (χ1v) is 5.77. The SMILES string of the molecule is Fc1cccc(OCc2ccc(Br)cc2)c1F. The Kier molecular flexibility index (Phi) is 3.74. The van der Waals surface area contributed by atoms with Crippen molar-refractivity contribution in [3.05, 3.63) is 64.1 Å². The summed E-state index contributed by atoms with van der Waals surface area (Å²) in [6.07, 6.45) is 0. The third-order valence-electron chi connectivity index (χ3n) is 2.22. The molecule has 4 heteroatoms. The number of halogens is 3. The highest BCUT2D eigenvalue weighted by atomic mass is 79.9. The fourth-order valence-electron chi connectivity index (χ4n) is 1.34. The summed E-state index contributed by atoms with van der Waals surface area (Å²) in [7, 11) is 0. The van der Waals surface area contributed by atoms with Gasteiger partial charge in [0.05, 0.1) is 0 Å². The second-order valence-corrected chi connectivity index (χ2v) is 4.38. The number of hydrogen-bond acceptors (Lipinski definition) is 1. The summed E-state index contributed by atoms with van der Waals surface area (Å²) >= 11 is 3.31. The normalized spacial score (nSPS) is 10.3. The minimum absolute atomic E-state index is 0.0760. The lowest BCUT2D eigenvalue weighted by Gasteiger charge is -2.07. The van der Waals surface area contributed by atoms with Crippen LogP contribution in [0.25, 0.3) is 0 Å². The molecule has 2 aromatic rings. The zero-order valence-electron chi connectivity index (χ0n) is 8.79. The smallest absolute Gasteiger partial charge is 0.200 e. The van der Waals surface area contributed by atoms with Crippen LogP contribution in [0.1, 0.15) is 5.56 Å². The Morgan fingerprint density at radius 2 is 1.71 bits per heavy atom. The molecule has 0 aliphatic carbocycles. The van der Waals surface area contributed by atoms with Crippen LogP contribution in [0, 0.1) is 11.6 Å². The largest absolute Gasteiger partial charge is 0.486 e. The summed E-state index contributed by atoms with van der Waals surface area (Å²) in [5.74, 6) is -1.93. The van der Waals surface area contributed by atoms with Crippen LogP contribution in [0.4, 0.5) is 8.78 Å². The molecule has 0 aliphatic heterocycles. The molecule has 0 fully saturated rings. The monoisotopic (exact) mass is 298 g/mol. The summed E-state index contributed by atoms with van der Waals surface area (Å²) in [6, 6.07) is 11.3. The van der Waals surface area contributed by atoms with Gasteiger partial charge in [-0.25, -0.2) is 4.39 Å². The fourth-order valence-corrected chi connectivity index (χ4v) is 1.60. The van der Waals surface area contributed by atoms with E-state index in [-0.39, 0.29) is 12.4 Å². The van der Waals surface area contributed by atoms with Crippen molar-refractivity contribution >= 4 is 15.9 Å².